The fourth-order valence-corrected chi connectivity index (χ4v) is 2.22. The summed E-state index contributed by atoms with van der Waals surface area (Å²) < 4.78 is 12.3. The van der Waals surface area contributed by atoms with E-state index in [1.807, 2.05) is 37.3 Å². The number of hydrogen-bond donors (Lipinski definition) is 0. The average Bonchev–Trinajstić information content (AvgIpc) is 3.09. The SMILES string of the molecule is Cc1cc(C(=O)O[C@@H]2CCOC2)nn1-c1ccccc1. The molecule has 2 aromatic rings. The first-order chi connectivity index (χ1) is 9.74. The van der Waals surface area contributed by atoms with E-state index in [0.29, 0.717) is 18.9 Å². The van der Waals surface area contributed by atoms with Crippen LogP contribution in [0.15, 0.2) is 36.4 Å². The van der Waals surface area contributed by atoms with Crippen molar-refractivity contribution in [3.05, 3.63) is 47.8 Å². The summed E-state index contributed by atoms with van der Waals surface area (Å²) in [6, 6.07) is 11.4. The van der Waals surface area contributed by atoms with E-state index in [1.54, 1.807) is 10.7 Å². The minimum atomic E-state index is -0.390. The number of carbonyl (C=O) groups excluding carboxylic acids is 1. The predicted molar refractivity (Wildman–Crippen MR) is 72.9 cm³/mol. The highest BCUT2D eigenvalue weighted by atomic mass is 16.6. The largest absolute Gasteiger partial charge is 0.455 e. The van der Waals surface area contributed by atoms with Crippen LogP contribution in [0.1, 0.15) is 22.6 Å². The van der Waals surface area contributed by atoms with Crippen molar-refractivity contribution < 1.29 is 14.3 Å². The van der Waals surface area contributed by atoms with Crippen LogP contribution in [0.4, 0.5) is 0 Å². The Bertz CT molecular complexity index is 601. The second kappa shape index (κ2) is 5.46. The lowest BCUT2D eigenvalue weighted by atomic mass is 10.3. The average molecular weight is 272 g/mol. The summed E-state index contributed by atoms with van der Waals surface area (Å²) in [5, 5.41) is 4.32. The lowest BCUT2D eigenvalue weighted by Crippen LogP contribution is -2.18. The smallest absolute Gasteiger partial charge is 0.359 e. The molecule has 1 aliphatic rings. The first kappa shape index (κ1) is 12.9. The molecule has 3 rings (SSSR count). The zero-order chi connectivity index (χ0) is 13.9. The second-order valence-corrected chi connectivity index (χ2v) is 4.81. The van der Waals surface area contributed by atoms with Crippen molar-refractivity contribution in [2.75, 3.05) is 13.2 Å². The zero-order valence-corrected chi connectivity index (χ0v) is 11.3. The number of rotatable bonds is 3. The molecule has 1 aliphatic heterocycles. The molecule has 0 amide bonds. The second-order valence-electron chi connectivity index (χ2n) is 4.81. The third-order valence-corrected chi connectivity index (χ3v) is 3.26. The molecule has 5 heteroatoms. The van der Waals surface area contributed by atoms with Crippen LogP contribution < -0.4 is 0 Å². The molecule has 104 valence electrons. The van der Waals surface area contributed by atoms with Crippen LogP contribution in [0, 0.1) is 6.92 Å². The van der Waals surface area contributed by atoms with Gasteiger partial charge in [-0.1, -0.05) is 18.2 Å². The third kappa shape index (κ3) is 2.58. The van der Waals surface area contributed by atoms with E-state index < -0.39 is 5.97 Å². The Hall–Kier alpha value is -2.14. The quantitative estimate of drug-likeness (QED) is 0.803. The van der Waals surface area contributed by atoms with Crippen LogP contribution in [0.25, 0.3) is 5.69 Å². The number of para-hydroxylation sites is 1. The fraction of sp³-hybridized carbons (Fsp3) is 0.333. The van der Waals surface area contributed by atoms with Crippen LogP contribution in [0.5, 0.6) is 0 Å². The maximum absolute atomic E-state index is 12.0. The molecule has 0 aliphatic carbocycles. The predicted octanol–water partition coefficient (Wildman–Crippen LogP) is 2.13. The van der Waals surface area contributed by atoms with Gasteiger partial charge in [0.25, 0.3) is 0 Å². The minimum Gasteiger partial charge on any atom is -0.455 e. The third-order valence-electron chi connectivity index (χ3n) is 3.26. The van der Waals surface area contributed by atoms with Gasteiger partial charge < -0.3 is 9.47 Å². The van der Waals surface area contributed by atoms with E-state index >= 15 is 0 Å². The van der Waals surface area contributed by atoms with Crippen molar-refractivity contribution >= 4 is 5.97 Å². The molecule has 1 aromatic carbocycles. The monoisotopic (exact) mass is 272 g/mol. The summed E-state index contributed by atoms with van der Waals surface area (Å²) in [6.07, 6.45) is 0.606. The molecule has 20 heavy (non-hydrogen) atoms. The Balaban J connectivity index is 1.79. The summed E-state index contributed by atoms with van der Waals surface area (Å²) in [4.78, 5) is 12.0. The van der Waals surface area contributed by atoms with Gasteiger partial charge in [0.05, 0.1) is 18.9 Å². The summed E-state index contributed by atoms with van der Waals surface area (Å²) in [5.74, 6) is -0.390. The van der Waals surface area contributed by atoms with Gasteiger partial charge in [-0.15, -0.1) is 0 Å². The highest BCUT2D eigenvalue weighted by Gasteiger charge is 2.22. The molecule has 0 N–H and O–H groups in total. The Kier molecular flexibility index (Phi) is 3.52. The van der Waals surface area contributed by atoms with Crippen molar-refractivity contribution in [2.24, 2.45) is 0 Å². The molecule has 1 aromatic heterocycles. The van der Waals surface area contributed by atoms with Crippen molar-refractivity contribution in [1.29, 1.82) is 0 Å². The molecular weight excluding hydrogens is 256 g/mol. The lowest BCUT2D eigenvalue weighted by Gasteiger charge is -2.08. The number of hydrogen-bond acceptors (Lipinski definition) is 4. The number of ether oxygens (including phenoxy) is 2. The number of aromatic nitrogens is 2. The summed E-state index contributed by atoms with van der Waals surface area (Å²) in [6.45, 7) is 3.04. The highest BCUT2D eigenvalue weighted by molar-refractivity contribution is 5.87. The number of benzene rings is 1. The van der Waals surface area contributed by atoms with Gasteiger partial charge in [0.2, 0.25) is 0 Å². The molecule has 0 spiro atoms. The van der Waals surface area contributed by atoms with Crippen molar-refractivity contribution in [3.8, 4) is 5.69 Å². The van der Waals surface area contributed by atoms with Gasteiger partial charge in [0.15, 0.2) is 5.69 Å². The van der Waals surface area contributed by atoms with Gasteiger partial charge >= 0.3 is 5.97 Å². The van der Waals surface area contributed by atoms with Crippen molar-refractivity contribution in [1.82, 2.24) is 9.78 Å². The first-order valence-corrected chi connectivity index (χ1v) is 6.65. The Morgan fingerprint density at radius 1 is 1.40 bits per heavy atom. The number of carbonyl (C=O) groups is 1. The van der Waals surface area contributed by atoms with Gasteiger partial charge in [-0.2, -0.15) is 5.10 Å². The summed E-state index contributed by atoms with van der Waals surface area (Å²) in [7, 11) is 0. The van der Waals surface area contributed by atoms with E-state index in [1.165, 1.54) is 0 Å². The van der Waals surface area contributed by atoms with Crippen LogP contribution >= 0.6 is 0 Å². The normalized spacial score (nSPS) is 18.1. The zero-order valence-electron chi connectivity index (χ0n) is 11.3. The lowest BCUT2D eigenvalue weighted by molar-refractivity contribution is 0.0263. The fourth-order valence-electron chi connectivity index (χ4n) is 2.22. The Morgan fingerprint density at radius 2 is 2.20 bits per heavy atom. The molecule has 2 heterocycles. The molecule has 0 radical (unpaired) electrons. The maximum atomic E-state index is 12.0. The van der Waals surface area contributed by atoms with Crippen molar-refractivity contribution in [3.63, 3.8) is 0 Å². The number of esters is 1. The molecule has 1 atom stereocenters. The Morgan fingerprint density at radius 3 is 2.90 bits per heavy atom. The standard InChI is InChI=1S/C15H16N2O3/c1-11-9-14(15(18)20-13-7-8-19-10-13)16-17(11)12-5-3-2-4-6-12/h2-6,9,13H,7-8,10H2,1H3/t13-/m1/s1. The molecule has 1 fully saturated rings. The van der Waals surface area contributed by atoms with E-state index in [0.717, 1.165) is 17.8 Å². The van der Waals surface area contributed by atoms with Gasteiger partial charge in [-0.25, -0.2) is 9.48 Å². The molecule has 0 bridgehead atoms. The number of nitrogens with zero attached hydrogens (tertiary/aromatic N) is 2. The van der Waals surface area contributed by atoms with Crippen LogP contribution in [-0.4, -0.2) is 35.1 Å². The van der Waals surface area contributed by atoms with Gasteiger partial charge in [0, 0.05) is 12.1 Å². The summed E-state index contributed by atoms with van der Waals surface area (Å²) in [5.41, 5.74) is 2.15. The van der Waals surface area contributed by atoms with Crippen LogP contribution in [0.2, 0.25) is 0 Å². The molecule has 5 nitrogen and oxygen atoms in total. The van der Waals surface area contributed by atoms with E-state index in [-0.39, 0.29) is 6.10 Å². The topological polar surface area (TPSA) is 53.4 Å². The van der Waals surface area contributed by atoms with E-state index in [4.69, 9.17) is 9.47 Å². The summed E-state index contributed by atoms with van der Waals surface area (Å²) >= 11 is 0. The van der Waals surface area contributed by atoms with Gasteiger partial charge in [-0.05, 0) is 25.1 Å². The van der Waals surface area contributed by atoms with Crippen LogP contribution in [-0.2, 0) is 9.47 Å². The van der Waals surface area contributed by atoms with Crippen LogP contribution in [0.3, 0.4) is 0 Å². The van der Waals surface area contributed by atoms with Crippen molar-refractivity contribution in [2.45, 2.75) is 19.4 Å². The minimum absolute atomic E-state index is 0.148. The molecule has 1 saturated heterocycles. The number of aryl methyl sites for hydroxylation is 1. The highest BCUT2D eigenvalue weighted by Crippen LogP contribution is 2.15. The maximum Gasteiger partial charge on any atom is 0.359 e. The van der Waals surface area contributed by atoms with Gasteiger partial charge in [-0.3, -0.25) is 0 Å². The van der Waals surface area contributed by atoms with E-state index in [2.05, 4.69) is 5.10 Å². The van der Waals surface area contributed by atoms with Gasteiger partial charge in [0.1, 0.15) is 6.10 Å². The first-order valence-electron chi connectivity index (χ1n) is 6.65. The molecule has 0 unspecified atom stereocenters. The van der Waals surface area contributed by atoms with E-state index in [9.17, 15) is 4.79 Å². The molecular formula is C15H16N2O3. The molecule has 0 saturated carbocycles. The Labute approximate surface area is 117 Å².